The lowest BCUT2D eigenvalue weighted by Crippen LogP contribution is -2.11. The summed E-state index contributed by atoms with van der Waals surface area (Å²) in [6, 6.07) is 24.6. The van der Waals surface area contributed by atoms with Crippen LogP contribution in [0, 0.1) is 0 Å². The van der Waals surface area contributed by atoms with Crippen LogP contribution in [0.3, 0.4) is 0 Å². The maximum Gasteiger partial charge on any atom is 0.333 e. The predicted molar refractivity (Wildman–Crippen MR) is 193 cm³/mol. The summed E-state index contributed by atoms with van der Waals surface area (Å²) in [4.78, 5) is 23.4. The summed E-state index contributed by atoms with van der Waals surface area (Å²) in [6.45, 7) is 11.3. The largest absolute Gasteiger partial charge is 0.496 e. The summed E-state index contributed by atoms with van der Waals surface area (Å²) in [5.74, 6) is 0.339. The number of hydrogen-bond acceptors (Lipinski definition) is 10. The van der Waals surface area contributed by atoms with Crippen LogP contribution in [0.4, 0.5) is 0 Å². The molecule has 0 heterocycles. The molecule has 0 atom stereocenters. The number of rotatable bonds is 18. The van der Waals surface area contributed by atoms with Crippen LogP contribution in [0.15, 0.2) is 119 Å². The molecule has 0 unspecified atom stereocenters. The van der Waals surface area contributed by atoms with E-state index in [9.17, 15) is 18.0 Å². The van der Waals surface area contributed by atoms with Crippen molar-refractivity contribution in [2.24, 2.45) is 0 Å². The number of benzene rings is 4. The number of esters is 2. The van der Waals surface area contributed by atoms with Gasteiger partial charge in [0.1, 0.15) is 24.7 Å². The molecule has 0 aliphatic heterocycles. The van der Waals surface area contributed by atoms with Crippen molar-refractivity contribution in [2.75, 3.05) is 40.6 Å². The van der Waals surface area contributed by atoms with Gasteiger partial charge in [-0.05, 0) is 84.6 Å². The summed E-state index contributed by atoms with van der Waals surface area (Å²) >= 11 is 0. The molecule has 10 nitrogen and oxygen atoms in total. The Morgan fingerprint density at radius 2 is 0.902 bits per heavy atom. The lowest BCUT2D eigenvalue weighted by atomic mass is 10.0. The molecule has 0 saturated carbocycles. The minimum Gasteiger partial charge on any atom is -0.496 e. The molecule has 0 aromatic heterocycles. The lowest BCUT2D eigenvalue weighted by molar-refractivity contribution is -0.141. The number of carbonyl (C=O) groups excluding carboxylic acids is 2. The molecule has 4 aromatic carbocycles. The Kier molecular flexibility index (Phi) is 13.7. The highest BCUT2D eigenvalue weighted by atomic mass is 32.2. The van der Waals surface area contributed by atoms with Crippen LogP contribution < -0.4 is 9.47 Å². The number of ether oxygens (including phenoxy) is 6. The van der Waals surface area contributed by atoms with Gasteiger partial charge in [-0.25, -0.2) is 18.0 Å². The first kappa shape index (κ1) is 38.6. The number of carbonyl (C=O) groups is 2. The average molecular weight is 715 g/mol. The second kappa shape index (κ2) is 18.1. The molecule has 4 aromatic rings. The van der Waals surface area contributed by atoms with Crippen molar-refractivity contribution in [3.63, 3.8) is 0 Å². The minimum atomic E-state index is -3.80. The van der Waals surface area contributed by atoms with Crippen molar-refractivity contribution in [1.82, 2.24) is 0 Å². The van der Waals surface area contributed by atoms with Crippen LogP contribution >= 0.6 is 0 Å². The summed E-state index contributed by atoms with van der Waals surface area (Å²) in [5, 5.41) is 0. The first-order valence-electron chi connectivity index (χ1n) is 16.0. The van der Waals surface area contributed by atoms with Gasteiger partial charge < -0.3 is 28.4 Å². The fraction of sp³-hybridized carbons (Fsp3) is 0.250. The van der Waals surface area contributed by atoms with Gasteiger partial charge in [-0.2, -0.15) is 0 Å². The predicted octanol–water partition coefficient (Wildman–Crippen LogP) is 7.14. The lowest BCUT2D eigenvalue weighted by Gasteiger charge is -2.13. The van der Waals surface area contributed by atoms with Gasteiger partial charge in [0.25, 0.3) is 0 Å². The molecule has 0 radical (unpaired) electrons. The summed E-state index contributed by atoms with van der Waals surface area (Å²) < 4.78 is 59.6. The maximum atomic E-state index is 13.6. The van der Waals surface area contributed by atoms with Crippen LogP contribution in [-0.2, 0) is 51.6 Å². The standard InChI is InChI=1S/C40H42O10S/c1-27(2)39(41)49-21-19-47-25-33-23-31(11-17-37(33)45-5)29-7-13-35(14-8-29)51(43,44)36-15-9-30(10-16-36)32-12-18-38(46-6)34(24-32)26-48-20-22-50-40(42)28(3)4/h7-18,23-24H,1,3,19-22,25-26H2,2,4-6H3. The van der Waals surface area contributed by atoms with E-state index in [0.717, 1.165) is 33.4 Å². The van der Waals surface area contributed by atoms with E-state index < -0.39 is 21.8 Å². The SMILES string of the molecule is C=C(C)C(=O)OCCOCc1cc(-c2ccc(S(=O)(=O)c3ccc(-c4ccc(OC)c(COCCOC(=O)C(=C)C)c4)cc3)cc2)ccc1OC. The Morgan fingerprint density at radius 1 is 0.549 bits per heavy atom. The Labute approximate surface area is 299 Å². The zero-order valence-electron chi connectivity index (χ0n) is 29.2. The zero-order valence-corrected chi connectivity index (χ0v) is 30.0. The van der Waals surface area contributed by atoms with E-state index in [4.69, 9.17) is 28.4 Å². The Hall–Kier alpha value is -5.23. The van der Waals surface area contributed by atoms with Crippen molar-refractivity contribution in [3.05, 3.63) is 120 Å². The quantitative estimate of drug-likeness (QED) is 0.0597. The van der Waals surface area contributed by atoms with Gasteiger partial charge >= 0.3 is 11.9 Å². The van der Waals surface area contributed by atoms with Crippen molar-refractivity contribution < 1.29 is 46.4 Å². The van der Waals surface area contributed by atoms with E-state index in [2.05, 4.69) is 13.2 Å². The van der Waals surface area contributed by atoms with Gasteiger partial charge in [0.15, 0.2) is 0 Å². The summed E-state index contributed by atoms with van der Waals surface area (Å²) in [5.41, 5.74) is 5.56. The second-order valence-corrected chi connectivity index (χ2v) is 13.5. The highest BCUT2D eigenvalue weighted by molar-refractivity contribution is 7.91. The molecule has 11 heteroatoms. The van der Waals surface area contributed by atoms with Crippen LogP contribution in [0.25, 0.3) is 22.3 Å². The molecule has 0 N–H and O–H groups in total. The highest BCUT2D eigenvalue weighted by Gasteiger charge is 2.18. The molecular weight excluding hydrogens is 672 g/mol. The van der Waals surface area contributed by atoms with E-state index in [-0.39, 0.29) is 49.4 Å². The molecule has 0 saturated heterocycles. The number of hydrogen-bond donors (Lipinski definition) is 0. The Balaban J connectivity index is 1.42. The van der Waals surface area contributed by atoms with E-state index in [1.54, 1.807) is 76.6 Å². The van der Waals surface area contributed by atoms with Crippen molar-refractivity contribution in [2.45, 2.75) is 36.9 Å². The smallest absolute Gasteiger partial charge is 0.333 e. The molecule has 0 spiro atoms. The summed E-state index contributed by atoms with van der Waals surface area (Å²) in [7, 11) is -0.657. The van der Waals surface area contributed by atoms with Crippen molar-refractivity contribution >= 4 is 21.8 Å². The van der Waals surface area contributed by atoms with E-state index in [0.29, 0.717) is 22.6 Å². The van der Waals surface area contributed by atoms with Gasteiger partial charge in [-0.3, -0.25) is 0 Å². The molecule has 0 aliphatic carbocycles. The molecule has 268 valence electrons. The second-order valence-electron chi connectivity index (χ2n) is 11.5. The monoisotopic (exact) mass is 714 g/mol. The normalized spacial score (nSPS) is 11.1. The van der Waals surface area contributed by atoms with Crippen molar-refractivity contribution in [3.8, 4) is 33.8 Å². The minimum absolute atomic E-state index is 0.100. The van der Waals surface area contributed by atoms with Gasteiger partial charge in [0.2, 0.25) is 9.84 Å². The first-order chi connectivity index (χ1) is 24.4. The third-order valence-electron chi connectivity index (χ3n) is 7.69. The third-order valence-corrected chi connectivity index (χ3v) is 9.48. The van der Waals surface area contributed by atoms with E-state index in [1.165, 1.54) is 0 Å². The third kappa shape index (κ3) is 10.4. The molecule has 0 amide bonds. The maximum absolute atomic E-state index is 13.6. The Bertz CT molecular complexity index is 1830. The van der Waals surface area contributed by atoms with Gasteiger partial charge in [0.05, 0.1) is 50.4 Å². The van der Waals surface area contributed by atoms with E-state index in [1.807, 2.05) is 36.4 Å². The molecule has 51 heavy (non-hydrogen) atoms. The molecule has 0 aliphatic rings. The van der Waals surface area contributed by atoms with Crippen molar-refractivity contribution in [1.29, 1.82) is 0 Å². The first-order valence-corrected chi connectivity index (χ1v) is 17.5. The number of sulfone groups is 1. The molecule has 0 fully saturated rings. The topological polar surface area (TPSA) is 124 Å². The Morgan fingerprint density at radius 3 is 1.24 bits per heavy atom. The average Bonchev–Trinajstić information content (AvgIpc) is 3.14. The summed E-state index contributed by atoms with van der Waals surface area (Å²) in [6.07, 6.45) is 0. The molecule has 4 rings (SSSR count). The fourth-order valence-electron chi connectivity index (χ4n) is 4.93. The van der Waals surface area contributed by atoms with Crippen LogP contribution in [0.2, 0.25) is 0 Å². The van der Waals surface area contributed by atoms with Gasteiger partial charge in [-0.15, -0.1) is 0 Å². The zero-order chi connectivity index (χ0) is 37.0. The molecule has 0 bridgehead atoms. The van der Waals surface area contributed by atoms with Crippen LogP contribution in [0.1, 0.15) is 25.0 Å². The fourth-order valence-corrected chi connectivity index (χ4v) is 6.19. The highest BCUT2D eigenvalue weighted by Crippen LogP contribution is 2.31. The number of methoxy groups -OCH3 is 2. The van der Waals surface area contributed by atoms with Gasteiger partial charge in [-0.1, -0.05) is 49.6 Å². The van der Waals surface area contributed by atoms with Crippen LogP contribution in [0.5, 0.6) is 11.5 Å². The van der Waals surface area contributed by atoms with Crippen LogP contribution in [-0.4, -0.2) is 61.0 Å². The molecular formula is C40H42O10S. The van der Waals surface area contributed by atoms with Gasteiger partial charge in [0, 0.05) is 22.3 Å². The van der Waals surface area contributed by atoms with E-state index >= 15 is 0 Å².